The van der Waals surface area contributed by atoms with E-state index in [0.29, 0.717) is 16.0 Å². The third kappa shape index (κ3) is 6.94. The number of rotatable bonds is 11. The maximum Gasteiger partial charge on any atom is 0.415 e. The van der Waals surface area contributed by atoms with Crippen LogP contribution < -0.4 is 9.64 Å². The lowest BCUT2D eigenvalue weighted by Gasteiger charge is -2.06. The van der Waals surface area contributed by atoms with Crippen molar-refractivity contribution >= 4 is 43.8 Å². The lowest BCUT2D eigenvalue weighted by molar-refractivity contribution is -0.832. The summed E-state index contributed by atoms with van der Waals surface area (Å²) in [5.74, 6) is -1.48. The number of carbonyl (C=O) groups is 1. The molecule has 1 unspecified atom stereocenters. The third-order valence-electron chi connectivity index (χ3n) is 6.98. The Labute approximate surface area is 261 Å². The van der Waals surface area contributed by atoms with Gasteiger partial charge in [-0.25, -0.2) is 12.8 Å². The summed E-state index contributed by atoms with van der Waals surface area (Å²) in [6.45, 7) is 1.55. The van der Waals surface area contributed by atoms with E-state index >= 15 is 0 Å². The van der Waals surface area contributed by atoms with E-state index in [1.165, 1.54) is 48.6 Å². The predicted octanol–water partition coefficient (Wildman–Crippen LogP) is 4.91. The van der Waals surface area contributed by atoms with Gasteiger partial charge in [0.1, 0.15) is 19.0 Å². The molecule has 0 amide bonds. The predicted molar refractivity (Wildman–Crippen MR) is 163 cm³/mol. The van der Waals surface area contributed by atoms with Gasteiger partial charge in [0, 0.05) is 22.0 Å². The third-order valence-corrected chi connectivity index (χ3v) is 9.64. The number of sulfone groups is 1. The standard InChI is InChI=1S/C32H27FN2O8S2/c1-21-27(18-22-10-13-24(14-11-22)44(2)38)26-15-12-23(33)19-29(26)28(21)20-30(36)41-16-6-7-17-42-31-32(35(37)43-34-31)45(39,40)25-8-4-3-5-9-25/h3-15,18-19H,16-17,20H2,1-2H3/b7-6-,27-18-. The Morgan fingerprint density at radius 3 is 2.47 bits per heavy atom. The number of ether oxygens (including phenoxy) is 2. The average Bonchev–Trinajstić information content (AvgIpc) is 3.52. The van der Waals surface area contributed by atoms with Crippen LogP contribution in [0, 0.1) is 11.0 Å². The quantitative estimate of drug-likeness (QED) is 0.126. The van der Waals surface area contributed by atoms with Gasteiger partial charge in [-0.15, -0.1) is 0 Å². The Kier molecular flexibility index (Phi) is 9.40. The first-order valence-electron chi connectivity index (χ1n) is 13.5. The molecular formula is C32H27FN2O8S2. The number of halogens is 1. The van der Waals surface area contributed by atoms with Gasteiger partial charge < -0.3 is 14.7 Å². The highest BCUT2D eigenvalue weighted by Crippen LogP contribution is 2.44. The summed E-state index contributed by atoms with van der Waals surface area (Å²) in [6, 6.07) is 19.0. The van der Waals surface area contributed by atoms with Crippen LogP contribution in [0.4, 0.5) is 4.39 Å². The van der Waals surface area contributed by atoms with Crippen LogP contribution in [0.1, 0.15) is 30.0 Å². The zero-order chi connectivity index (χ0) is 32.1. The van der Waals surface area contributed by atoms with Gasteiger partial charge in [-0.2, -0.15) is 0 Å². The molecule has 232 valence electrons. The molecule has 1 atom stereocenters. The van der Waals surface area contributed by atoms with Gasteiger partial charge >= 0.3 is 16.9 Å². The van der Waals surface area contributed by atoms with E-state index < -0.39 is 43.3 Å². The largest absolute Gasteiger partial charge is 0.461 e. The molecule has 1 aliphatic rings. The number of fused-ring (bicyclic) bond motifs is 1. The molecule has 0 aliphatic heterocycles. The minimum absolute atomic E-state index is 0.0964. The number of benzene rings is 3. The first kappa shape index (κ1) is 31.5. The van der Waals surface area contributed by atoms with Crippen molar-refractivity contribution in [2.24, 2.45) is 0 Å². The van der Waals surface area contributed by atoms with Crippen molar-refractivity contribution < 1.29 is 40.8 Å². The molecule has 1 heterocycles. The molecule has 0 fully saturated rings. The molecular weight excluding hydrogens is 623 g/mol. The normalized spacial score (nSPS) is 14.6. The molecule has 1 aromatic heterocycles. The Balaban J connectivity index is 1.22. The molecule has 0 N–H and O–H groups in total. The number of hydrogen-bond donors (Lipinski definition) is 0. The molecule has 13 heteroatoms. The zero-order valence-electron chi connectivity index (χ0n) is 24.1. The fraction of sp³-hybridized carbons (Fsp3) is 0.156. The fourth-order valence-electron chi connectivity index (χ4n) is 4.74. The minimum atomic E-state index is -4.25. The van der Waals surface area contributed by atoms with E-state index in [2.05, 4.69) is 9.79 Å². The summed E-state index contributed by atoms with van der Waals surface area (Å²) in [5.41, 5.74) is 4.56. The summed E-state index contributed by atoms with van der Waals surface area (Å²) in [6.07, 6.45) is 6.39. The van der Waals surface area contributed by atoms with Crippen molar-refractivity contribution in [1.82, 2.24) is 5.16 Å². The van der Waals surface area contributed by atoms with Crippen LogP contribution in [0.15, 0.2) is 110 Å². The summed E-state index contributed by atoms with van der Waals surface area (Å²) in [5, 5.41) is 14.6. The number of nitrogens with zero attached hydrogens (tertiary/aromatic N) is 2. The van der Waals surface area contributed by atoms with Gasteiger partial charge in [0.2, 0.25) is 0 Å². The Morgan fingerprint density at radius 2 is 1.76 bits per heavy atom. The highest BCUT2D eigenvalue weighted by molar-refractivity contribution is 7.91. The summed E-state index contributed by atoms with van der Waals surface area (Å²) < 4.78 is 66.7. The number of carbonyl (C=O) groups excluding carboxylic acids is 1. The Hall–Kier alpha value is -4.88. The summed E-state index contributed by atoms with van der Waals surface area (Å²) in [4.78, 5) is 13.1. The number of aromatic nitrogens is 2. The first-order valence-corrected chi connectivity index (χ1v) is 16.6. The van der Waals surface area contributed by atoms with Crippen molar-refractivity contribution in [3.05, 3.63) is 118 Å². The molecule has 0 spiro atoms. The Morgan fingerprint density at radius 1 is 1.04 bits per heavy atom. The smallest absolute Gasteiger partial charge is 0.415 e. The molecule has 1 aliphatic carbocycles. The zero-order valence-corrected chi connectivity index (χ0v) is 25.8. The van der Waals surface area contributed by atoms with E-state index in [1.807, 2.05) is 25.1 Å². The van der Waals surface area contributed by atoms with Crippen LogP contribution >= 0.6 is 0 Å². The van der Waals surface area contributed by atoms with Crippen LogP contribution in [0.25, 0.3) is 17.2 Å². The molecule has 0 radical (unpaired) electrons. The average molecular weight is 651 g/mol. The molecule has 5 rings (SSSR count). The second-order valence-electron chi connectivity index (χ2n) is 9.87. The van der Waals surface area contributed by atoms with Crippen molar-refractivity contribution in [2.45, 2.75) is 28.2 Å². The molecule has 0 bridgehead atoms. The van der Waals surface area contributed by atoms with Crippen LogP contribution in [-0.2, 0) is 30.2 Å². The molecule has 0 saturated heterocycles. The topological polar surface area (TPSA) is 140 Å². The molecule has 45 heavy (non-hydrogen) atoms. The number of allylic oxidation sites excluding steroid dienone is 2. The van der Waals surface area contributed by atoms with Gasteiger partial charge in [0.25, 0.3) is 9.84 Å². The second-order valence-corrected chi connectivity index (χ2v) is 13.1. The van der Waals surface area contributed by atoms with E-state index in [9.17, 15) is 27.0 Å². The molecule has 10 nitrogen and oxygen atoms in total. The summed E-state index contributed by atoms with van der Waals surface area (Å²) in [7, 11) is -5.35. The van der Waals surface area contributed by atoms with E-state index in [-0.39, 0.29) is 29.4 Å². The maximum atomic E-state index is 14.2. The fourth-order valence-corrected chi connectivity index (χ4v) is 6.56. The van der Waals surface area contributed by atoms with Gasteiger partial charge in [-0.1, -0.05) is 36.4 Å². The summed E-state index contributed by atoms with van der Waals surface area (Å²) >= 11 is 0. The molecule has 0 saturated carbocycles. The van der Waals surface area contributed by atoms with Crippen LogP contribution in [0.3, 0.4) is 0 Å². The molecule has 3 aromatic carbocycles. The monoisotopic (exact) mass is 650 g/mol. The highest BCUT2D eigenvalue weighted by atomic mass is 32.2. The van der Waals surface area contributed by atoms with Crippen LogP contribution in [0.5, 0.6) is 5.88 Å². The first-order chi connectivity index (χ1) is 21.6. The lowest BCUT2D eigenvalue weighted by Crippen LogP contribution is -2.30. The van der Waals surface area contributed by atoms with Gasteiger partial charge in [0.15, 0.2) is 0 Å². The van der Waals surface area contributed by atoms with E-state index in [4.69, 9.17) is 9.47 Å². The Bertz CT molecular complexity index is 1970. The van der Waals surface area contributed by atoms with E-state index in [0.717, 1.165) is 22.3 Å². The second kappa shape index (κ2) is 13.4. The van der Waals surface area contributed by atoms with Crippen molar-refractivity contribution in [2.75, 3.05) is 19.5 Å². The van der Waals surface area contributed by atoms with Gasteiger partial charge in [-0.05, 0) is 99.9 Å². The van der Waals surface area contributed by atoms with Gasteiger partial charge in [0.05, 0.1) is 16.5 Å². The van der Waals surface area contributed by atoms with Crippen LogP contribution in [-0.4, -0.2) is 43.2 Å². The molecule has 4 aromatic rings. The van der Waals surface area contributed by atoms with Crippen molar-refractivity contribution in [3.63, 3.8) is 0 Å². The van der Waals surface area contributed by atoms with Gasteiger partial charge in [-0.3, -0.25) is 13.6 Å². The maximum absolute atomic E-state index is 14.2. The highest BCUT2D eigenvalue weighted by Gasteiger charge is 2.35. The van der Waals surface area contributed by atoms with Crippen LogP contribution in [0.2, 0.25) is 0 Å². The van der Waals surface area contributed by atoms with Crippen molar-refractivity contribution in [3.8, 4) is 5.88 Å². The number of esters is 1. The lowest BCUT2D eigenvalue weighted by atomic mass is 10.0. The van der Waals surface area contributed by atoms with E-state index in [1.54, 1.807) is 30.5 Å². The minimum Gasteiger partial charge on any atom is -0.461 e. The number of hydrogen-bond acceptors (Lipinski definition) is 9. The van der Waals surface area contributed by atoms with Crippen molar-refractivity contribution in [1.29, 1.82) is 0 Å². The SMILES string of the molecule is CC1=C(CC(=O)OC/C=C\COc2no[n+]([O-])c2S(=O)(=O)c2ccccc2)c2cc(F)ccc2/C1=C\c1ccc(S(C)=O)cc1.